The molecule has 4 aromatic rings. The Kier molecular flexibility index (Phi) is 8.14. The van der Waals surface area contributed by atoms with Crippen LogP contribution in [0.2, 0.25) is 0 Å². The summed E-state index contributed by atoms with van der Waals surface area (Å²) in [6.07, 6.45) is 1.41. The summed E-state index contributed by atoms with van der Waals surface area (Å²) in [7, 11) is -2.29. The first kappa shape index (κ1) is 26.1. The predicted molar refractivity (Wildman–Crippen MR) is 143 cm³/mol. The van der Waals surface area contributed by atoms with Crippen LogP contribution in [0.3, 0.4) is 0 Å². The minimum absolute atomic E-state index is 0.134. The summed E-state index contributed by atoms with van der Waals surface area (Å²) < 4.78 is 38.1. The fraction of sp³-hybridized carbons (Fsp3) is 0.0357. The third-order valence-corrected chi connectivity index (χ3v) is 6.63. The molecule has 0 radical (unpaired) electrons. The molecule has 0 atom stereocenters. The number of hydrogen-bond acceptors (Lipinski definition) is 7. The van der Waals surface area contributed by atoms with Crippen molar-refractivity contribution in [2.75, 3.05) is 11.8 Å². The van der Waals surface area contributed by atoms with E-state index < -0.39 is 21.9 Å². The van der Waals surface area contributed by atoms with Crippen LogP contribution in [-0.4, -0.2) is 33.6 Å². The van der Waals surface area contributed by atoms with Gasteiger partial charge in [0.25, 0.3) is 15.9 Å². The van der Waals surface area contributed by atoms with Gasteiger partial charge in [-0.3, -0.25) is 9.52 Å². The average Bonchev–Trinajstić information content (AvgIpc) is 2.94. The normalized spacial score (nSPS) is 11.1. The van der Waals surface area contributed by atoms with Gasteiger partial charge in [0, 0.05) is 11.3 Å². The summed E-state index contributed by atoms with van der Waals surface area (Å²) >= 11 is 0. The van der Waals surface area contributed by atoms with E-state index in [1.54, 1.807) is 66.7 Å². The molecule has 0 bridgehead atoms. The monoisotopic (exact) mass is 529 g/mol. The van der Waals surface area contributed by atoms with Crippen LogP contribution in [0.4, 0.5) is 5.69 Å². The second kappa shape index (κ2) is 11.8. The molecule has 0 aliphatic carbocycles. The van der Waals surface area contributed by atoms with E-state index in [0.717, 1.165) is 0 Å². The van der Waals surface area contributed by atoms with Crippen LogP contribution < -0.4 is 19.6 Å². The van der Waals surface area contributed by atoms with Crippen LogP contribution in [-0.2, 0) is 10.0 Å². The molecule has 192 valence electrons. The highest BCUT2D eigenvalue weighted by molar-refractivity contribution is 7.92. The van der Waals surface area contributed by atoms with Crippen molar-refractivity contribution in [3.63, 3.8) is 0 Å². The summed E-state index contributed by atoms with van der Waals surface area (Å²) in [5, 5.41) is 3.95. The summed E-state index contributed by atoms with van der Waals surface area (Å²) in [5.74, 6) is -0.445. The summed E-state index contributed by atoms with van der Waals surface area (Å²) in [4.78, 5) is 24.9. The number of benzene rings is 4. The van der Waals surface area contributed by atoms with E-state index >= 15 is 0 Å². The van der Waals surface area contributed by atoms with Crippen LogP contribution >= 0.6 is 0 Å². The van der Waals surface area contributed by atoms with E-state index in [2.05, 4.69) is 15.2 Å². The summed E-state index contributed by atoms with van der Waals surface area (Å²) in [6.45, 7) is 0. The lowest BCUT2D eigenvalue weighted by molar-refractivity contribution is 0.0729. The molecule has 0 saturated heterocycles. The predicted octanol–water partition coefficient (Wildman–Crippen LogP) is 4.48. The fourth-order valence-corrected chi connectivity index (χ4v) is 4.39. The molecule has 9 nitrogen and oxygen atoms in total. The Morgan fingerprint density at radius 3 is 2.11 bits per heavy atom. The lowest BCUT2D eigenvalue weighted by Crippen LogP contribution is -2.18. The Balaban J connectivity index is 1.36. The van der Waals surface area contributed by atoms with Crippen molar-refractivity contribution in [2.24, 2.45) is 5.10 Å². The Labute approximate surface area is 219 Å². The van der Waals surface area contributed by atoms with Crippen LogP contribution in [0, 0.1) is 0 Å². The summed E-state index contributed by atoms with van der Waals surface area (Å²) in [5.41, 5.74) is 4.01. The van der Waals surface area contributed by atoms with Crippen molar-refractivity contribution in [1.29, 1.82) is 0 Å². The summed E-state index contributed by atoms with van der Waals surface area (Å²) in [6, 6.07) is 27.3. The number of esters is 1. The Morgan fingerprint density at radius 2 is 1.45 bits per heavy atom. The van der Waals surface area contributed by atoms with Crippen molar-refractivity contribution in [3.8, 4) is 11.5 Å². The van der Waals surface area contributed by atoms with Gasteiger partial charge in [0.15, 0.2) is 11.5 Å². The van der Waals surface area contributed by atoms with Gasteiger partial charge in [-0.1, -0.05) is 36.4 Å². The molecule has 38 heavy (non-hydrogen) atoms. The molecule has 10 heteroatoms. The number of carbonyl (C=O) groups is 2. The minimum Gasteiger partial charge on any atom is -0.493 e. The third-order valence-electron chi connectivity index (χ3n) is 5.23. The zero-order chi connectivity index (χ0) is 27.0. The third kappa shape index (κ3) is 6.62. The van der Waals surface area contributed by atoms with Crippen LogP contribution in [0.1, 0.15) is 26.3 Å². The standard InChI is InChI=1S/C28H23N3O6S/c1-36-26-18-20(12-17-25(26)37-28(33)22-8-4-2-5-9-22)19-29-30-27(32)21-13-15-23(16-14-21)31-38(34,35)24-10-6-3-7-11-24/h2-19,31H,1H3,(H,30,32)/b29-19-. The van der Waals surface area contributed by atoms with Crippen molar-refractivity contribution < 1.29 is 27.5 Å². The van der Waals surface area contributed by atoms with Gasteiger partial charge in [-0.2, -0.15) is 5.10 Å². The number of nitrogens with zero attached hydrogens (tertiary/aromatic N) is 1. The lowest BCUT2D eigenvalue weighted by Gasteiger charge is -2.10. The molecule has 0 saturated carbocycles. The van der Waals surface area contributed by atoms with Gasteiger partial charge in [0.2, 0.25) is 0 Å². The van der Waals surface area contributed by atoms with Crippen LogP contribution in [0.25, 0.3) is 0 Å². The first-order chi connectivity index (χ1) is 18.4. The SMILES string of the molecule is COc1cc(/C=N\NC(=O)c2ccc(NS(=O)(=O)c3ccccc3)cc2)ccc1OC(=O)c1ccccc1. The van der Waals surface area contributed by atoms with E-state index in [1.165, 1.54) is 49.7 Å². The molecule has 0 aromatic heterocycles. The molecule has 0 aliphatic rings. The number of nitrogens with one attached hydrogen (secondary N) is 2. The van der Waals surface area contributed by atoms with Gasteiger partial charge in [0.05, 0.1) is 23.8 Å². The van der Waals surface area contributed by atoms with Gasteiger partial charge in [-0.05, 0) is 72.3 Å². The number of amides is 1. The molecular weight excluding hydrogens is 506 g/mol. The number of hydrazone groups is 1. The molecule has 0 spiro atoms. The molecule has 0 aliphatic heterocycles. The molecular formula is C28H23N3O6S. The van der Waals surface area contributed by atoms with E-state index in [1.807, 2.05) is 0 Å². The van der Waals surface area contributed by atoms with Gasteiger partial charge >= 0.3 is 5.97 Å². The lowest BCUT2D eigenvalue weighted by atomic mass is 10.2. The molecule has 1 amide bonds. The number of sulfonamides is 1. The smallest absolute Gasteiger partial charge is 0.343 e. The maximum atomic E-state index is 12.4. The van der Waals surface area contributed by atoms with Gasteiger partial charge in [-0.25, -0.2) is 18.6 Å². The molecule has 0 heterocycles. The van der Waals surface area contributed by atoms with Crippen molar-refractivity contribution in [2.45, 2.75) is 4.90 Å². The number of rotatable bonds is 9. The highest BCUT2D eigenvalue weighted by atomic mass is 32.2. The number of methoxy groups -OCH3 is 1. The maximum Gasteiger partial charge on any atom is 0.343 e. The zero-order valence-corrected chi connectivity index (χ0v) is 21.0. The first-order valence-electron chi connectivity index (χ1n) is 11.3. The van der Waals surface area contributed by atoms with Gasteiger partial charge < -0.3 is 9.47 Å². The van der Waals surface area contributed by atoms with E-state index in [9.17, 15) is 18.0 Å². The topological polar surface area (TPSA) is 123 Å². The molecule has 4 rings (SSSR count). The number of anilines is 1. The van der Waals surface area contributed by atoms with E-state index in [-0.39, 0.29) is 16.2 Å². The maximum absolute atomic E-state index is 12.4. The molecule has 0 unspecified atom stereocenters. The number of hydrogen-bond donors (Lipinski definition) is 2. The Hall–Kier alpha value is -4.96. The second-order valence-electron chi connectivity index (χ2n) is 7.86. The largest absolute Gasteiger partial charge is 0.493 e. The van der Waals surface area contributed by atoms with Crippen LogP contribution in [0.15, 0.2) is 113 Å². The van der Waals surface area contributed by atoms with Crippen LogP contribution in [0.5, 0.6) is 11.5 Å². The fourth-order valence-electron chi connectivity index (χ4n) is 3.32. The van der Waals surface area contributed by atoms with Crippen molar-refractivity contribution in [3.05, 3.63) is 120 Å². The average molecular weight is 530 g/mol. The second-order valence-corrected chi connectivity index (χ2v) is 9.54. The Morgan fingerprint density at radius 1 is 0.789 bits per heavy atom. The quantitative estimate of drug-likeness (QED) is 0.143. The zero-order valence-electron chi connectivity index (χ0n) is 20.2. The van der Waals surface area contributed by atoms with Crippen molar-refractivity contribution in [1.82, 2.24) is 5.43 Å². The van der Waals surface area contributed by atoms with Gasteiger partial charge in [-0.15, -0.1) is 0 Å². The highest BCUT2D eigenvalue weighted by Crippen LogP contribution is 2.28. The van der Waals surface area contributed by atoms with Gasteiger partial charge in [0.1, 0.15) is 0 Å². The number of carbonyl (C=O) groups excluding carboxylic acids is 2. The first-order valence-corrected chi connectivity index (χ1v) is 12.8. The number of ether oxygens (including phenoxy) is 2. The Bertz CT molecular complexity index is 1560. The highest BCUT2D eigenvalue weighted by Gasteiger charge is 2.14. The molecule has 4 aromatic carbocycles. The van der Waals surface area contributed by atoms with E-state index in [0.29, 0.717) is 22.6 Å². The molecule has 2 N–H and O–H groups in total. The van der Waals surface area contributed by atoms with Crippen molar-refractivity contribution >= 4 is 33.8 Å². The molecule has 0 fully saturated rings. The minimum atomic E-state index is -3.73. The van der Waals surface area contributed by atoms with E-state index in [4.69, 9.17) is 9.47 Å².